The first-order valence-electron chi connectivity index (χ1n) is 8.97. The van der Waals surface area contributed by atoms with Gasteiger partial charge in [0.25, 0.3) is 11.8 Å². The summed E-state index contributed by atoms with van der Waals surface area (Å²) in [6, 6.07) is 10.7. The van der Waals surface area contributed by atoms with Crippen molar-refractivity contribution < 1.29 is 23.8 Å². The molecule has 2 heterocycles. The maximum Gasteiger partial charge on any atom is 0.263 e. The third-order valence-electron chi connectivity index (χ3n) is 4.99. The number of imide groups is 1. The van der Waals surface area contributed by atoms with Gasteiger partial charge in [-0.1, -0.05) is 17.4 Å². The number of fused-ring (bicyclic) bond motifs is 1. The number of rotatable bonds is 6. The molecule has 1 fully saturated rings. The second kappa shape index (κ2) is 7.42. The van der Waals surface area contributed by atoms with Gasteiger partial charge in [0, 0.05) is 6.07 Å². The summed E-state index contributed by atoms with van der Waals surface area (Å²) in [5.41, 5.74) is 1.34. The normalized spacial score (nSPS) is 20.2. The molecule has 0 saturated carbocycles. The molecule has 0 unspecified atom stereocenters. The van der Waals surface area contributed by atoms with E-state index in [1.807, 2.05) is 24.3 Å². The van der Waals surface area contributed by atoms with E-state index in [9.17, 15) is 9.59 Å². The average Bonchev–Trinajstić information content (AvgIpc) is 3.27. The van der Waals surface area contributed by atoms with E-state index in [0.29, 0.717) is 23.7 Å². The van der Waals surface area contributed by atoms with E-state index >= 15 is 0 Å². The fourth-order valence-electron chi connectivity index (χ4n) is 3.49. The van der Waals surface area contributed by atoms with E-state index in [0.717, 1.165) is 16.2 Å². The first kappa shape index (κ1) is 18.7. The highest BCUT2D eigenvalue weighted by Crippen LogP contribution is 2.37. The third-order valence-corrected chi connectivity index (χ3v) is 4.99. The Morgan fingerprint density at radius 2 is 1.62 bits per heavy atom. The average molecular weight is 396 g/mol. The van der Waals surface area contributed by atoms with E-state index in [4.69, 9.17) is 14.2 Å². The predicted molar refractivity (Wildman–Crippen MR) is 103 cm³/mol. The quantitative estimate of drug-likeness (QED) is 0.695. The van der Waals surface area contributed by atoms with Gasteiger partial charge in [-0.15, -0.1) is 0 Å². The standard InChI is InChI=1S/C20H20N4O5/c1-27-14-7-4-12(5-8-14)11-23-18-17(21-22-23)19(25)24(20(18)26)13-6-9-15(28-2)16(10-13)29-3/h4-10,17-18H,11H2,1-3H3/t17-,18+/m1/s1. The van der Waals surface area contributed by atoms with Crippen molar-refractivity contribution in [1.82, 2.24) is 5.01 Å². The molecule has 1 saturated heterocycles. The van der Waals surface area contributed by atoms with Crippen LogP contribution in [0.25, 0.3) is 0 Å². The minimum absolute atomic E-state index is 0.355. The highest BCUT2D eigenvalue weighted by molar-refractivity contribution is 6.25. The summed E-state index contributed by atoms with van der Waals surface area (Å²) >= 11 is 0. The highest BCUT2D eigenvalue weighted by atomic mass is 16.5. The molecule has 0 radical (unpaired) electrons. The van der Waals surface area contributed by atoms with E-state index in [2.05, 4.69) is 10.3 Å². The molecule has 2 aliphatic heterocycles. The number of carbonyl (C=O) groups excluding carboxylic acids is 2. The summed E-state index contributed by atoms with van der Waals surface area (Å²) in [5, 5.41) is 9.66. The van der Waals surface area contributed by atoms with Crippen LogP contribution in [0.2, 0.25) is 0 Å². The van der Waals surface area contributed by atoms with Crippen molar-refractivity contribution >= 4 is 17.5 Å². The van der Waals surface area contributed by atoms with E-state index < -0.39 is 18.0 Å². The van der Waals surface area contributed by atoms with Crippen molar-refractivity contribution in [3.05, 3.63) is 48.0 Å². The number of carbonyl (C=O) groups is 2. The Labute approximate surface area is 167 Å². The topological polar surface area (TPSA) is 93.0 Å². The molecule has 2 aromatic carbocycles. The molecule has 0 N–H and O–H groups in total. The Morgan fingerprint density at radius 3 is 2.28 bits per heavy atom. The lowest BCUT2D eigenvalue weighted by atomic mass is 10.1. The van der Waals surface area contributed by atoms with Gasteiger partial charge in [0.1, 0.15) is 5.75 Å². The third kappa shape index (κ3) is 3.14. The minimum Gasteiger partial charge on any atom is -0.497 e. The number of methoxy groups -OCH3 is 3. The number of ether oxygens (including phenoxy) is 3. The molecule has 0 aromatic heterocycles. The zero-order valence-electron chi connectivity index (χ0n) is 16.2. The smallest absolute Gasteiger partial charge is 0.263 e. The van der Waals surface area contributed by atoms with E-state index in [1.165, 1.54) is 14.2 Å². The lowest BCUT2D eigenvalue weighted by Crippen LogP contribution is -2.39. The molecule has 2 aliphatic rings. The molecule has 29 heavy (non-hydrogen) atoms. The minimum atomic E-state index is -0.853. The number of anilines is 1. The molecule has 2 aromatic rings. The first-order chi connectivity index (χ1) is 14.1. The van der Waals surface area contributed by atoms with Crippen LogP contribution >= 0.6 is 0 Å². The van der Waals surface area contributed by atoms with Crippen molar-refractivity contribution in [2.45, 2.75) is 18.6 Å². The van der Waals surface area contributed by atoms with E-state index in [-0.39, 0.29) is 5.91 Å². The summed E-state index contributed by atoms with van der Waals surface area (Å²) in [4.78, 5) is 27.1. The summed E-state index contributed by atoms with van der Waals surface area (Å²) < 4.78 is 15.7. The first-order valence-corrected chi connectivity index (χ1v) is 8.97. The maximum absolute atomic E-state index is 13.1. The van der Waals surface area contributed by atoms with Gasteiger partial charge in [-0.25, -0.2) is 4.90 Å². The molecule has 0 bridgehead atoms. The molecule has 2 atom stereocenters. The molecule has 150 valence electrons. The molecule has 9 nitrogen and oxygen atoms in total. The zero-order valence-corrected chi connectivity index (χ0v) is 16.2. The highest BCUT2D eigenvalue weighted by Gasteiger charge is 2.54. The Balaban J connectivity index is 1.58. The van der Waals surface area contributed by atoms with Gasteiger partial charge >= 0.3 is 0 Å². The van der Waals surface area contributed by atoms with Crippen LogP contribution in [0.15, 0.2) is 52.8 Å². The van der Waals surface area contributed by atoms with E-state index in [1.54, 1.807) is 30.3 Å². The second-order valence-corrected chi connectivity index (χ2v) is 6.59. The summed E-state index contributed by atoms with van der Waals surface area (Å²) in [5.74, 6) is 0.899. The number of amides is 2. The number of benzene rings is 2. The van der Waals surface area contributed by atoms with Crippen LogP contribution in [0.5, 0.6) is 17.2 Å². The van der Waals surface area contributed by atoms with Gasteiger partial charge in [-0.2, -0.15) is 5.11 Å². The Morgan fingerprint density at radius 1 is 0.897 bits per heavy atom. The Hall–Kier alpha value is -3.62. The van der Waals surface area contributed by atoms with Crippen LogP contribution in [0.3, 0.4) is 0 Å². The fraction of sp³-hybridized carbons (Fsp3) is 0.300. The van der Waals surface area contributed by atoms with Crippen molar-refractivity contribution in [2.24, 2.45) is 10.3 Å². The van der Waals surface area contributed by atoms with Crippen LogP contribution in [-0.2, 0) is 16.1 Å². The number of hydrogen-bond donors (Lipinski definition) is 0. The van der Waals surface area contributed by atoms with Gasteiger partial charge in [-0.3, -0.25) is 14.6 Å². The lowest BCUT2D eigenvalue weighted by molar-refractivity contribution is -0.123. The van der Waals surface area contributed by atoms with Gasteiger partial charge in [0.2, 0.25) is 0 Å². The molecule has 2 amide bonds. The molecular weight excluding hydrogens is 376 g/mol. The molecule has 4 rings (SSSR count). The van der Waals surface area contributed by atoms with Gasteiger partial charge in [0.05, 0.1) is 33.6 Å². The Kier molecular flexibility index (Phi) is 4.79. The molecule has 0 spiro atoms. The van der Waals surface area contributed by atoms with Crippen LogP contribution in [0.4, 0.5) is 5.69 Å². The lowest BCUT2D eigenvalue weighted by Gasteiger charge is -2.21. The van der Waals surface area contributed by atoms with Crippen LogP contribution in [0, 0.1) is 0 Å². The molecule has 9 heteroatoms. The monoisotopic (exact) mass is 396 g/mol. The van der Waals surface area contributed by atoms with Crippen molar-refractivity contribution in [1.29, 1.82) is 0 Å². The summed E-state index contributed by atoms with van der Waals surface area (Å²) in [7, 11) is 4.61. The van der Waals surface area contributed by atoms with Crippen molar-refractivity contribution in [2.75, 3.05) is 26.2 Å². The van der Waals surface area contributed by atoms with Crippen molar-refractivity contribution in [3.8, 4) is 17.2 Å². The van der Waals surface area contributed by atoms with Crippen LogP contribution < -0.4 is 19.1 Å². The molecule has 0 aliphatic carbocycles. The predicted octanol–water partition coefficient (Wildman–Crippen LogP) is 2.21. The number of hydrogen-bond acceptors (Lipinski definition) is 8. The van der Waals surface area contributed by atoms with Gasteiger partial charge < -0.3 is 14.2 Å². The SMILES string of the molecule is COc1ccc(CN2N=N[C@H]3C(=O)N(c4ccc(OC)c(OC)c4)C(=O)[C@H]32)cc1. The fourth-order valence-corrected chi connectivity index (χ4v) is 3.49. The maximum atomic E-state index is 13.1. The van der Waals surface area contributed by atoms with Crippen LogP contribution in [-0.4, -0.2) is 50.2 Å². The largest absolute Gasteiger partial charge is 0.497 e. The van der Waals surface area contributed by atoms with Gasteiger partial charge in [-0.05, 0) is 29.8 Å². The zero-order chi connectivity index (χ0) is 20.5. The second-order valence-electron chi connectivity index (χ2n) is 6.59. The molecular formula is C20H20N4O5. The summed E-state index contributed by atoms with van der Waals surface area (Å²) in [6.45, 7) is 0.355. The summed E-state index contributed by atoms with van der Waals surface area (Å²) in [6.07, 6.45) is 0. The van der Waals surface area contributed by atoms with Crippen LogP contribution in [0.1, 0.15) is 5.56 Å². The van der Waals surface area contributed by atoms with Gasteiger partial charge in [0.15, 0.2) is 23.6 Å². The van der Waals surface area contributed by atoms with Crippen molar-refractivity contribution in [3.63, 3.8) is 0 Å². The Bertz CT molecular complexity index is 975. The number of nitrogens with zero attached hydrogens (tertiary/aromatic N) is 4.